The number of benzene rings is 1. The fraction of sp³-hybridized carbons (Fsp3) is 0.500. The van der Waals surface area contributed by atoms with E-state index in [-0.39, 0.29) is 5.91 Å². The monoisotopic (exact) mass is 284 g/mol. The van der Waals surface area contributed by atoms with Crippen molar-refractivity contribution < 1.29 is 4.79 Å². The molecule has 0 saturated carbocycles. The molecule has 0 spiro atoms. The van der Waals surface area contributed by atoms with E-state index in [1.165, 1.54) is 30.5 Å². The highest BCUT2D eigenvalue weighted by atomic mass is 16.2. The SMILES string of the molecule is C=CC1CC(=O)N(Cc2ccccc2N2CCCCC2)C1. The van der Waals surface area contributed by atoms with E-state index < -0.39 is 0 Å². The molecule has 0 aliphatic carbocycles. The lowest BCUT2D eigenvalue weighted by molar-refractivity contribution is -0.128. The van der Waals surface area contributed by atoms with Crippen molar-refractivity contribution >= 4 is 11.6 Å². The number of piperidine rings is 1. The minimum absolute atomic E-state index is 0.258. The fourth-order valence-electron chi connectivity index (χ4n) is 3.41. The van der Waals surface area contributed by atoms with Crippen LogP contribution in [0.1, 0.15) is 31.2 Å². The largest absolute Gasteiger partial charge is 0.371 e. The van der Waals surface area contributed by atoms with Crippen molar-refractivity contribution in [1.29, 1.82) is 0 Å². The smallest absolute Gasteiger partial charge is 0.223 e. The van der Waals surface area contributed by atoms with Crippen molar-refractivity contribution in [3.05, 3.63) is 42.5 Å². The van der Waals surface area contributed by atoms with Crippen molar-refractivity contribution in [1.82, 2.24) is 4.90 Å². The van der Waals surface area contributed by atoms with E-state index in [1.807, 2.05) is 11.0 Å². The molecule has 0 radical (unpaired) electrons. The number of likely N-dealkylation sites (tertiary alicyclic amines) is 1. The molecule has 2 fully saturated rings. The summed E-state index contributed by atoms with van der Waals surface area (Å²) in [6.45, 7) is 7.65. The van der Waals surface area contributed by atoms with Crippen LogP contribution in [0.25, 0.3) is 0 Å². The first kappa shape index (κ1) is 14.2. The van der Waals surface area contributed by atoms with E-state index in [4.69, 9.17) is 0 Å². The normalized spacial score (nSPS) is 22.7. The predicted molar refractivity (Wildman–Crippen MR) is 86.2 cm³/mol. The van der Waals surface area contributed by atoms with Crippen LogP contribution in [0, 0.1) is 5.92 Å². The Balaban J connectivity index is 1.76. The van der Waals surface area contributed by atoms with E-state index in [9.17, 15) is 4.79 Å². The standard InChI is InChI=1S/C18H24N2O/c1-2-15-12-18(21)20(13-15)14-16-8-4-5-9-17(16)19-10-6-3-7-11-19/h2,4-5,8-9,15H,1,3,6-7,10-14H2. The zero-order chi connectivity index (χ0) is 14.7. The summed E-state index contributed by atoms with van der Waals surface area (Å²) in [6.07, 6.45) is 6.42. The van der Waals surface area contributed by atoms with Crippen LogP contribution < -0.4 is 4.90 Å². The molecule has 21 heavy (non-hydrogen) atoms. The predicted octanol–water partition coefficient (Wildman–Crippen LogP) is 3.21. The summed E-state index contributed by atoms with van der Waals surface area (Å²) >= 11 is 0. The van der Waals surface area contributed by atoms with Gasteiger partial charge in [-0.2, -0.15) is 0 Å². The molecule has 2 aliphatic rings. The molecule has 3 nitrogen and oxygen atoms in total. The van der Waals surface area contributed by atoms with Crippen LogP contribution in [0.4, 0.5) is 5.69 Å². The third kappa shape index (κ3) is 3.12. The Hall–Kier alpha value is -1.77. The number of hydrogen-bond acceptors (Lipinski definition) is 2. The van der Waals surface area contributed by atoms with E-state index in [0.717, 1.165) is 26.2 Å². The minimum atomic E-state index is 0.258. The molecular weight excluding hydrogens is 260 g/mol. The molecule has 1 amide bonds. The Labute approximate surface area is 127 Å². The Kier molecular flexibility index (Phi) is 4.28. The van der Waals surface area contributed by atoms with Gasteiger partial charge in [0.1, 0.15) is 0 Å². The lowest BCUT2D eigenvalue weighted by Crippen LogP contribution is -2.31. The number of carbonyl (C=O) groups excluding carboxylic acids is 1. The van der Waals surface area contributed by atoms with Gasteiger partial charge in [0, 0.05) is 44.2 Å². The zero-order valence-corrected chi connectivity index (χ0v) is 12.6. The van der Waals surface area contributed by atoms with E-state index in [2.05, 4.69) is 35.7 Å². The van der Waals surface area contributed by atoms with Crippen LogP contribution >= 0.6 is 0 Å². The summed E-state index contributed by atoms with van der Waals surface area (Å²) in [7, 11) is 0. The second-order valence-electron chi connectivity index (χ2n) is 6.15. The second kappa shape index (κ2) is 6.33. The van der Waals surface area contributed by atoms with Gasteiger partial charge in [-0.1, -0.05) is 24.3 Å². The van der Waals surface area contributed by atoms with Gasteiger partial charge in [0.05, 0.1) is 0 Å². The number of nitrogens with zero attached hydrogens (tertiary/aromatic N) is 2. The third-order valence-electron chi connectivity index (χ3n) is 4.63. The highest BCUT2D eigenvalue weighted by Gasteiger charge is 2.28. The molecule has 1 unspecified atom stereocenters. The molecule has 1 aromatic carbocycles. The van der Waals surface area contributed by atoms with Crippen LogP contribution in [0.5, 0.6) is 0 Å². The van der Waals surface area contributed by atoms with Crippen LogP contribution in [-0.4, -0.2) is 30.4 Å². The first-order valence-electron chi connectivity index (χ1n) is 8.01. The fourth-order valence-corrected chi connectivity index (χ4v) is 3.41. The number of anilines is 1. The molecule has 1 atom stereocenters. The average Bonchev–Trinajstić information content (AvgIpc) is 2.89. The summed E-state index contributed by atoms with van der Waals surface area (Å²) < 4.78 is 0. The van der Waals surface area contributed by atoms with Gasteiger partial charge in [-0.15, -0.1) is 6.58 Å². The maximum Gasteiger partial charge on any atom is 0.223 e. The molecule has 2 saturated heterocycles. The molecule has 0 N–H and O–H groups in total. The number of hydrogen-bond donors (Lipinski definition) is 0. The minimum Gasteiger partial charge on any atom is -0.371 e. The van der Waals surface area contributed by atoms with Gasteiger partial charge in [-0.05, 0) is 30.9 Å². The Bertz CT molecular complexity index is 520. The molecule has 0 aromatic heterocycles. The lowest BCUT2D eigenvalue weighted by atomic mass is 10.1. The molecule has 1 aromatic rings. The summed E-state index contributed by atoms with van der Waals surface area (Å²) in [6, 6.07) is 8.55. The molecule has 3 rings (SSSR count). The van der Waals surface area contributed by atoms with Gasteiger partial charge in [-0.25, -0.2) is 0 Å². The molecule has 0 bridgehead atoms. The van der Waals surface area contributed by atoms with Crippen LogP contribution in [0.15, 0.2) is 36.9 Å². The van der Waals surface area contributed by atoms with Gasteiger partial charge in [0.2, 0.25) is 5.91 Å². The van der Waals surface area contributed by atoms with Crippen molar-refractivity contribution in [2.75, 3.05) is 24.5 Å². The molecule has 112 valence electrons. The highest BCUT2D eigenvalue weighted by molar-refractivity contribution is 5.79. The molecular formula is C18H24N2O. The van der Waals surface area contributed by atoms with E-state index in [1.54, 1.807) is 0 Å². The Morgan fingerprint density at radius 2 is 1.95 bits per heavy atom. The van der Waals surface area contributed by atoms with Gasteiger partial charge < -0.3 is 9.80 Å². The third-order valence-corrected chi connectivity index (χ3v) is 4.63. The quantitative estimate of drug-likeness (QED) is 0.793. The molecule has 2 heterocycles. The molecule has 3 heteroatoms. The number of carbonyl (C=O) groups is 1. The maximum absolute atomic E-state index is 12.1. The van der Waals surface area contributed by atoms with Crippen molar-refractivity contribution in [2.45, 2.75) is 32.2 Å². The number of para-hydroxylation sites is 1. The van der Waals surface area contributed by atoms with Crippen LogP contribution in [0.2, 0.25) is 0 Å². The van der Waals surface area contributed by atoms with Gasteiger partial charge in [-0.3, -0.25) is 4.79 Å². The summed E-state index contributed by atoms with van der Waals surface area (Å²) in [5.74, 6) is 0.577. The second-order valence-corrected chi connectivity index (χ2v) is 6.15. The van der Waals surface area contributed by atoms with Gasteiger partial charge in [0.15, 0.2) is 0 Å². The zero-order valence-electron chi connectivity index (χ0n) is 12.6. The average molecular weight is 284 g/mol. The number of rotatable bonds is 4. The first-order chi connectivity index (χ1) is 10.3. The van der Waals surface area contributed by atoms with Crippen LogP contribution in [0.3, 0.4) is 0 Å². The van der Waals surface area contributed by atoms with Crippen molar-refractivity contribution in [2.24, 2.45) is 5.92 Å². The maximum atomic E-state index is 12.1. The molecule has 2 aliphatic heterocycles. The van der Waals surface area contributed by atoms with Crippen LogP contribution in [-0.2, 0) is 11.3 Å². The lowest BCUT2D eigenvalue weighted by Gasteiger charge is -2.31. The van der Waals surface area contributed by atoms with Gasteiger partial charge >= 0.3 is 0 Å². The Morgan fingerprint density at radius 3 is 2.67 bits per heavy atom. The summed E-state index contributed by atoms with van der Waals surface area (Å²) in [5.41, 5.74) is 2.59. The topological polar surface area (TPSA) is 23.6 Å². The summed E-state index contributed by atoms with van der Waals surface area (Å²) in [4.78, 5) is 16.6. The number of amides is 1. The summed E-state index contributed by atoms with van der Waals surface area (Å²) in [5, 5.41) is 0. The first-order valence-corrected chi connectivity index (χ1v) is 8.01. The Morgan fingerprint density at radius 1 is 1.19 bits per heavy atom. The van der Waals surface area contributed by atoms with Crippen molar-refractivity contribution in [3.8, 4) is 0 Å². The highest BCUT2D eigenvalue weighted by Crippen LogP contribution is 2.27. The van der Waals surface area contributed by atoms with Gasteiger partial charge in [0.25, 0.3) is 0 Å². The van der Waals surface area contributed by atoms with E-state index >= 15 is 0 Å². The van der Waals surface area contributed by atoms with Crippen molar-refractivity contribution in [3.63, 3.8) is 0 Å². The van der Waals surface area contributed by atoms with E-state index in [0.29, 0.717) is 12.3 Å².